The molecule has 2 aromatic rings. The minimum atomic E-state index is -0.0174. The molecule has 1 aromatic carbocycles. The van der Waals surface area contributed by atoms with Crippen molar-refractivity contribution in [1.29, 1.82) is 0 Å². The molecule has 1 aliphatic carbocycles. The Morgan fingerprint density at radius 1 is 1.30 bits per heavy atom. The second-order valence-electron chi connectivity index (χ2n) is 6.44. The largest absolute Gasteiger partial charge is 0.322 e. The lowest BCUT2D eigenvalue weighted by Gasteiger charge is -2.18. The van der Waals surface area contributed by atoms with E-state index < -0.39 is 0 Å². The predicted octanol–water partition coefficient (Wildman–Crippen LogP) is 2.55. The maximum Gasteiger partial charge on any atom is 0.321 e. The van der Waals surface area contributed by atoms with Gasteiger partial charge in [-0.15, -0.1) is 10.2 Å². The Morgan fingerprint density at radius 2 is 2.17 bits per heavy atom. The summed E-state index contributed by atoms with van der Waals surface area (Å²) in [5, 5.41) is 11.0. The van der Waals surface area contributed by atoms with Gasteiger partial charge in [0.15, 0.2) is 0 Å². The normalized spacial score (nSPS) is 19.9. The number of aromatic nitrogens is 3. The monoisotopic (exact) mass is 311 g/mol. The van der Waals surface area contributed by atoms with Crippen LogP contribution in [0.3, 0.4) is 0 Å². The molecule has 0 bridgehead atoms. The van der Waals surface area contributed by atoms with Gasteiger partial charge >= 0.3 is 6.03 Å². The molecule has 1 atom stereocenters. The van der Waals surface area contributed by atoms with Gasteiger partial charge in [0.1, 0.15) is 12.2 Å². The van der Waals surface area contributed by atoms with Crippen LogP contribution in [0.4, 0.5) is 10.5 Å². The summed E-state index contributed by atoms with van der Waals surface area (Å²) in [6, 6.07) is 6.54. The summed E-state index contributed by atoms with van der Waals surface area (Å²) in [6.45, 7) is 3.41. The molecule has 2 heterocycles. The quantitative estimate of drug-likeness (QED) is 0.927. The highest BCUT2D eigenvalue weighted by molar-refractivity contribution is 5.89. The van der Waals surface area contributed by atoms with Gasteiger partial charge in [0.25, 0.3) is 0 Å². The van der Waals surface area contributed by atoms with Crippen molar-refractivity contribution in [2.45, 2.75) is 38.6 Å². The maximum atomic E-state index is 12.5. The van der Waals surface area contributed by atoms with Gasteiger partial charge in [-0.2, -0.15) is 0 Å². The number of urea groups is 1. The van der Waals surface area contributed by atoms with Crippen molar-refractivity contribution in [2.75, 3.05) is 18.4 Å². The van der Waals surface area contributed by atoms with E-state index in [1.54, 1.807) is 6.33 Å². The zero-order valence-electron chi connectivity index (χ0n) is 13.3. The summed E-state index contributed by atoms with van der Waals surface area (Å²) in [5.41, 5.74) is 3.70. The average Bonchev–Trinajstić information content (AvgIpc) is 3.25. The van der Waals surface area contributed by atoms with Crippen LogP contribution in [-0.2, 0) is 12.8 Å². The molecule has 1 N–H and O–H groups in total. The van der Waals surface area contributed by atoms with Gasteiger partial charge in [-0.1, -0.05) is 6.07 Å². The van der Waals surface area contributed by atoms with E-state index in [-0.39, 0.29) is 12.1 Å². The third-order valence-electron chi connectivity index (χ3n) is 4.95. The van der Waals surface area contributed by atoms with E-state index in [0.29, 0.717) is 6.54 Å². The number of carbonyl (C=O) groups excluding carboxylic acids is 1. The minimum Gasteiger partial charge on any atom is -0.322 e. The molecular formula is C17H21N5O. The number of amides is 2. The second kappa shape index (κ2) is 5.68. The summed E-state index contributed by atoms with van der Waals surface area (Å²) in [7, 11) is 0. The number of benzene rings is 1. The van der Waals surface area contributed by atoms with E-state index in [2.05, 4.69) is 32.2 Å². The zero-order valence-corrected chi connectivity index (χ0v) is 13.3. The van der Waals surface area contributed by atoms with Gasteiger partial charge in [0.05, 0.1) is 6.04 Å². The molecule has 1 saturated heterocycles. The van der Waals surface area contributed by atoms with Gasteiger partial charge in [0, 0.05) is 18.8 Å². The van der Waals surface area contributed by atoms with Crippen LogP contribution in [0.25, 0.3) is 0 Å². The van der Waals surface area contributed by atoms with Crippen molar-refractivity contribution in [3.05, 3.63) is 41.5 Å². The number of nitrogens with zero attached hydrogens (tertiary/aromatic N) is 4. The number of likely N-dealkylation sites (tertiary alicyclic amines) is 1. The fourth-order valence-corrected chi connectivity index (χ4v) is 3.66. The third-order valence-corrected chi connectivity index (χ3v) is 4.95. The minimum absolute atomic E-state index is 0.0174. The first-order valence-corrected chi connectivity index (χ1v) is 8.24. The summed E-state index contributed by atoms with van der Waals surface area (Å²) in [6.07, 6.45) is 6.20. The summed E-state index contributed by atoms with van der Waals surface area (Å²) in [5.74, 6) is 0.899. The Balaban J connectivity index is 1.41. The number of hydrogen-bond acceptors (Lipinski definition) is 3. The molecule has 1 unspecified atom stereocenters. The molecule has 0 spiro atoms. The molecule has 2 aliphatic rings. The van der Waals surface area contributed by atoms with Crippen LogP contribution >= 0.6 is 0 Å². The van der Waals surface area contributed by atoms with E-state index in [0.717, 1.165) is 37.3 Å². The zero-order chi connectivity index (χ0) is 15.8. The number of aryl methyl sites for hydroxylation is 3. The molecule has 0 saturated carbocycles. The average molecular weight is 311 g/mol. The van der Waals surface area contributed by atoms with Crippen LogP contribution in [0.2, 0.25) is 0 Å². The number of fused-ring (bicyclic) bond motifs is 1. The van der Waals surface area contributed by atoms with E-state index in [1.807, 2.05) is 17.9 Å². The first-order chi connectivity index (χ1) is 11.2. The highest BCUT2D eigenvalue weighted by Gasteiger charge is 2.28. The van der Waals surface area contributed by atoms with E-state index in [1.165, 1.54) is 17.5 Å². The number of anilines is 1. The van der Waals surface area contributed by atoms with Crippen LogP contribution in [0.15, 0.2) is 24.5 Å². The van der Waals surface area contributed by atoms with Crippen molar-refractivity contribution in [2.24, 2.45) is 0 Å². The predicted molar refractivity (Wildman–Crippen MR) is 87.5 cm³/mol. The van der Waals surface area contributed by atoms with Gasteiger partial charge in [-0.3, -0.25) is 0 Å². The Kier molecular flexibility index (Phi) is 3.52. The van der Waals surface area contributed by atoms with E-state index >= 15 is 0 Å². The van der Waals surface area contributed by atoms with Crippen molar-refractivity contribution >= 4 is 11.7 Å². The fraction of sp³-hybridized carbons (Fsp3) is 0.471. The molecule has 1 aliphatic heterocycles. The second-order valence-corrected chi connectivity index (χ2v) is 6.44. The molecule has 4 rings (SSSR count). The van der Waals surface area contributed by atoms with Crippen molar-refractivity contribution in [3.63, 3.8) is 0 Å². The fourth-order valence-electron chi connectivity index (χ4n) is 3.66. The summed E-state index contributed by atoms with van der Waals surface area (Å²) in [4.78, 5) is 14.4. The van der Waals surface area contributed by atoms with Crippen molar-refractivity contribution in [3.8, 4) is 0 Å². The Bertz CT molecular complexity index is 738. The molecule has 120 valence electrons. The SMILES string of the molecule is Cc1nncn1C1CCN(C(=O)Nc2ccc3c(c2)CCC3)C1. The highest BCUT2D eigenvalue weighted by atomic mass is 16.2. The topological polar surface area (TPSA) is 63.1 Å². The van der Waals surface area contributed by atoms with Crippen LogP contribution in [0.1, 0.15) is 35.8 Å². The molecule has 23 heavy (non-hydrogen) atoms. The van der Waals surface area contributed by atoms with Gasteiger partial charge < -0.3 is 14.8 Å². The maximum absolute atomic E-state index is 12.5. The molecule has 1 fully saturated rings. The number of carbonyl (C=O) groups is 1. The van der Waals surface area contributed by atoms with Crippen LogP contribution in [0, 0.1) is 6.92 Å². The van der Waals surface area contributed by atoms with Crippen LogP contribution in [0.5, 0.6) is 0 Å². The van der Waals surface area contributed by atoms with Gasteiger partial charge in [-0.05, 0) is 55.9 Å². The highest BCUT2D eigenvalue weighted by Crippen LogP contribution is 2.26. The Hall–Kier alpha value is -2.37. The third kappa shape index (κ3) is 2.69. The molecule has 0 radical (unpaired) electrons. The van der Waals surface area contributed by atoms with Gasteiger partial charge in [0.2, 0.25) is 0 Å². The lowest BCUT2D eigenvalue weighted by molar-refractivity contribution is 0.221. The Labute approximate surface area is 135 Å². The van der Waals surface area contributed by atoms with E-state index in [4.69, 9.17) is 0 Å². The van der Waals surface area contributed by atoms with Crippen molar-refractivity contribution in [1.82, 2.24) is 19.7 Å². The van der Waals surface area contributed by atoms with Crippen molar-refractivity contribution < 1.29 is 4.79 Å². The van der Waals surface area contributed by atoms with E-state index in [9.17, 15) is 4.79 Å². The first-order valence-electron chi connectivity index (χ1n) is 8.24. The number of hydrogen-bond donors (Lipinski definition) is 1. The molecule has 1 aromatic heterocycles. The lowest BCUT2D eigenvalue weighted by atomic mass is 10.1. The Morgan fingerprint density at radius 3 is 3.00 bits per heavy atom. The number of nitrogens with one attached hydrogen (secondary N) is 1. The molecule has 6 heteroatoms. The van der Waals surface area contributed by atoms with Crippen LogP contribution in [-0.4, -0.2) is 38.8 Å². The van der Waals surface area contributed by atoms with Gasteiger partial charge in [-0.25, -0.2) is 4.79 Å². The lowest BCUT2D eigenvalue weighted by Crippen LogP contribution is -2.33. The molecule has 6 nitrogen and oxygen atoms in total. The summed E-state index contributed by atoms with van der Waals surface area (Å²) < 4.78 is 2.06. The number of rotatable bonds is 2. The summed E-state index contributed by atoms with van der Waals surface area (Å²) >= 11 is 0. The molecular weight excluding hydrogens is 290 g/mol. The first kappa shape index (κ1) is 14.2. The standard InChI is InChI=1S/C17H21N5O/c1-12-20-18-11-22(12)16-7-8-21(10-16)17(23)19-15-6-5-13-3-2-4-14(13)9-15/h5-6,9,11,16H,2-4,7-8,10H2,1H3,(H,19,23). The smallest absolute Gasteiger partial charge is 0.321 e. The van der Waals surface area contributed by atoms with Crippen LogP contribution < -0.4 is 5.32 Å². The molecule has 2 amide bonds.